The number of benzene rings is 1. The minimum absolute atomic E-state index is 0.940. The third kappa shape index (κ3) is 2.39. The van der Waals surface area contributed by atoms with Gasteiger partial charge in [-0.15, -0.1) is 0 Å². The Bertz CT molecular complexity index is 1350. The Morgan fingerprint density at radius 2 is 0.893 bits per heavy atom. The molecule has 2 aliphatic rings. The van der Waals surface area contributed by atoms with Crippen LogP contribution in [0.4, 0.5) is 0 Å². The van der Waals surface area contributed by atoms with E-state index < -0.39 is 0 Å². The van der Waals surface area contributed by atoms with Crippen LogP contribution >= 0.6 is 0 Å². The molecule has 0 saturated heterocycles. The molecule has 0 aliphatic carbocycles. The number of fused-ring (bicyclic) bond motifs is 13. The summed E-state index contributed by atoms with van der Waals surface area (Å²) >= 11 is 0. The highest BCUT2D eigenvalue weighted by molar-refractivity contribution is 5.98. The van der Waals surface area contributed by atoms with Crippen molar-refractivity contribution in [2.75, 3.05) is 0 Å². The predicted molar refractivity (Wildman–Crippen MR) is 116 cm³/mol. The molecule has 5 heterocycles. The Morgan fingerprint density at radius 1 is 0.464 bits per heavy atom. The summed E-state index contributed by atoms with van der Waals surface area (Å²) in [6.45, 7) is 0. The number of hydrogen-bond acceptors (Lipinski definition) is 2. The van der Waals surface area contributed by atoms with Crippen LogP contribution in [0.1, 0.15) is 22.8 Å². The van der Waals surface area contributed by atoms with E-state index in [0.717, 1.165) is 55.6 Å². The summed E-state index contributed by atoms with van der Waals surface area (Å²) in [5.74, 6) is 0. The summed E-state index contributed by atoms with van der Waals surface area (Å²) in [5.41, 5.74) is 7.89. The smallest absolute Gasteiger partial charge is 0.0872 e. The second-order valence-corrected chi connectivity index (χ2v) is 6.96. The molecule has 0 radical (unpaired) electrons. The Balaban J connectivity index is 1.81. The van der Waals surface area contributed by atoms with Crippen LogP contribution in [-0.4, -0.2) is 19.9 Å². The second-order valence-electron chi connectivity index (χ2n) is 6.96. The minimum Gasteiger partial charge on any atom is -0.354 e. The molecule has 3 aromatic heterocycles. The molecule has 0 amide bonds. The topological polar surface area (TPSA) is 57.4 Å². The maximum absolute atomic E-state index is 4.88. The molecule has 132 valence electrons. The standard InChI is InChI=1S/C24H16N4/c1-2-4-18-17(3-1)19-11-13-23(27-19)21-9-7-15(25-21)5-6-16-8-10-22(26-16)24-14-12-20(18)28-24/h1-14,25-26H. The molecule has 2 N–H and O–H groups in total. The van der Waals surface area contributed by atoms with Gasteiger partial charge >= 0.3 is 0 Å². The van der Waals surface area contributed by atoms with Gasteiger partial charge in [0, 0.05) is 21.8 Å². The number of rotatable bonds is 0. The quantitative estimate of drug-likeness (QED) is 0.359. The molecule has 1 aromatic carbocycles. The van der Waals surface area contributed by atoms with Crippen molar-refractivity contribution in [2.45, 2.75) is 0 Å². The summed E-state index contributed by atoms with van der Waals surface area (Å²) < 4.78 is 0. The first-order chi connectivity index (χ1) is 13.8. The molecule has 0 unspecified atom stereocenters. The van der Waals surface area contributed by atoms with Crippen LogP contribution in [0.15, 0.2) is 60.7 Å². The van der Waals surface area contributed by atoms with Gasteiger partial charge in [-0.25, -0.2) is 9.97 Å². The van der Waals surface area contributed by atoms with E-state index in [1.807, 2.05) is 12.1 Å². The van der Waals surface area contributed by atoms with Crippen molar-refractivity contribution in [2.24, 2.45) is 0 Å². The minimum atomic E-state index is 0.940. The van der Waals surface area contributed by atoms with E-state index in [0.29, 0.717) is 0 Å². The average molecular weight is 360 g/mol. The summed E-state index contributed by atoms with van der Waals surface area (Å²) in [5, 5.41) is 2.17. The lowest BCUT2D eigenvalue weighted by atomic mass is 10.1. The third-order valence-electron chi connectivity index (χ3n) is 5.17. The number of nitrogens with zero attached hydrogens (tertiary/aromatic N) is 2. The van der Waals surface area contributed by atoms with E-state index in [1.165, 1.54) is 0 Å². The number of aromatic nitrogens is 4. The second kappa shape index (κ2) is 5.79. The van der Waals surface area contributed by atoms with Crippen molar-refractivity contribution < 1.29 is 0 Å². The Morgan fingerprint density at radius 3 is 1.39 bits per heavy atom. The van der Waals surface area contributed by atoms with E-state index in [1.54, 1.807) is 0 Å². The molecule has 28 heavy (non-hydrogen) atoms. The van der Waals surface area contributed by atoms with Crippen LogP contribution in [0.3, 0.4) is 0 Å². The van der Waals surface area contributed by atoms with Crippen molar-refractivity contribution in [3.8, 4) is 0 Å². The zero-order valence-corrected chi connectivity index (χ0v) is 15.0. The maximum Gasteiger partial charge on any atom is 0.0872 e. The van der Waals surface area contributed by atoms with E-state index >= 15 is 0 Å². The summed E-state index contributed by atoms with van der Waals surface area (Å²) in [6, 6.07) is 20.7. The SMILES string of the molecule is C1=Cc2nc1c1ccc(ccc3ccc([nH]3)c3nc(c4ccccc24)C=C3)[nH]1. The van der Waals surface area contributed by atoms with E-state index in [2.05, 4.69) is 82.8 Å². The zero-order chi connectivity index (χ0) is 18.5. The molecular weight excluding hydrogens is 344 g/mol. The Kier molecular flexibility index (Phi) is 3.14. The summed E-state index contributed by atoms with van der Waals surface area (Å²) in [4.78, 5) is 16.6. The lowest BCUT2D eigenvalue weighted by Gasteiger charge is -1.97. The summed E-state index contributed by atoms with van der Waals surface area (Å²) in [6.07, 6.45) is 8.26. The van der Waals surface area contributed by atoms with Gasteiger partial charge in [-0.3, -0.25) is 0 Å². The van der Waals surface area contributed by atoms with Crippen molar-refractivity contribution >= 4 is 57.1 Å². The monoisotopic (exact) mass is 360 g/mol. The number of aromatic amines is 2. The average Bonchev–Trinajstić information content (AvgIpc) is 3.52. The Hall–Kier alpha value is -3.92. The van der Waals surface area contributed by atoms with Gasteiger partial charge in [0.2, 0.25) is 0 Å². The van der Waals surface area contributed by atoms with Crippen LogP contribution < -0.4 is 0 Å². The van der Waals surface area contributed by atoms with Gasteiger partial charge in [0.05, 0.1) is 33.8 Å². The lowest BCUT2D eigenvalue weighted by Crippen LogP contribution is -1.82. The van der Waals surface area contributed by atoms with Gasteiger partial charge in [0.1, 0.15) is 0 Å². The molecule has 0 spiro atoms. The van der Waals surface area contributed by atoms with Crippen molar-refractivity contribution in [1.82, 2.24) is 19.9 Å². The van der Waals surface area contributed by atoms with Gasteiger partial charge in [-0.2, -0.15) is 0 Å². The van der Waals surface area contributed by atoms with Gasteiger partial charge in [0.25, 0.3) is 0 Å². The Labute approximate surface area is 160 Å². The van der Waals surface area contributed by atoms with Gasteiger partial charge in [-0.1, -0.05) is 24.3 Å². The third-order valence-corrected chi connectivity index (χ3v) is 5.17. The molecule has 8 bridgehead atoms. The van der Waals surface area contributed by atoms with Crippen molar-refractivity contribution in [3.63, 3.8) is 0 Å². The molecule has 0 atom stereocenters. The number of H-pyrrole nitrogens is 2. The largest absolute Gasteiger partial charge is 0.354 e. The highest BCUT2D eigenvalue weighted by Gasteiger charge is 2.09. The molecule has 4 aromatic rings. The summed E-state index contributed by atoms with van der Waals surface area (Å²) in [7, 11) is 0. The zero-order valence-electron chi connectivity index (χ0n) is 15.0. The molecule has 2 aliphatic heterocycles. The van der Waals surface area contributed by atoms with E-state index in [4.69, 9.17) is 9.97 Å². The van der Waals surface area contributed by atoms with Crippen LogP contribution in [0.2, 0.25) is 0 Å². The van der Waals surface area contributed by atoms with Crippen LogP contribution in [0.5, 0.6) is 0 Å². The van der Waals surface area contributed by atoms with Crippen LogP contribution in [-0.2, 0) is 0 Å². The van der Waals surface area contributed by atoms with Crippen LogP contribution in [0, 0.1) is 0 Å². The molecular formula is C24H16N4. The first kappa shape index (κ1) is 15.2. The molecule has 4 nitrogen and oxygen atoms in total. The van der Waals surface area contributed by atoms with Crippen molar-refractivity contribution in [3.05, 3.63) is 83.4 Å². The molecule has 0 fully saturated rings. The maximum atomic E-state index is 4.88. The van der Waals surface area contributed by atoms with Gasteiger partial charge < -0.3 is 9.97 Å². The lowest BCUT2D eigenvalue weighted by molar-refractivity contribution is 1.32. The van der Waals surface area contributed by atoms with E-state index in [-0.39, 0.29) is 0 Å². The fraction of sp³-hybridized carbons (Fsp3) is 0. The molecule has 0 saturated carbocycles. The van der Waals surface area contributed by atoms with E-state index in [9.17, 15) is 0 Å². The van der Waals surface area contributed by atoms with Gasteiger partial charge in [-0.05, 0) is 60.7 Å². The fourth-order valence-electron chi connectivity index (χ4n) is 3.75. The van der Waals surface area contributed by atoms with Crippen molar-refractivity contribution in [1.29, 1.82) is 0 Å². The predicted octanol–water partition coefficient (Wildman–Crippen LogP) is 5.81. The first-order valence-corrected chi connectivity index (χ1v) is 9.28. The molecule has 4 heteroatoms. The first-order valence-electron chi connectivity index (χ1n) is 9.28. The fourth-order valence-corrected chi connectivity index (χ4v) is 3.75. The number of nitrogens with one attached hydrogen (secondary N) is 2. The highest BCUT2D eigenvalue weighted by atomic mass is 14.8. The normalized spacial score (nSPS) is 12.7. The highest BCUT2D eigenvalue weighted by Crippen LogP contribution is 2.26. The van der Waals surface area contributed by atoms with Gasteiger partial charge in [0.15, 0.2) is 0 Å². The number of hydrogen-bond donors (Lipinski definition) is 2. The molecule has 6 rings (SSSR count). The van der Waals surface area contributed by atoms with Crippen LogP contribution in [0.25, 0.3) is 57.1 Å².